The van der Waals surface area contributed by atoms with Gasteiger partial charge in [-0.1, -0.05) is 25.1 Å². The average Bonchev–Trinajstić information content (AvgIpc) is 3.10. The highest BCUT2D eigenvalue weighted by Gasteiger charge is 2.41. The van der Waals surface area contributed by atoms with Gasteiger partial charge in [-0.05, 0) is 24.7 Å². The van der Waals surface area contributed by atoms with E-state index in [9.17, 15) is 9.59 Å². The normalized spacial score (nSPS) is 16.3. The molecule has 1 N–H and O–H groups in total. The molecule has 0 amide bonds. The van der Waals surface area contributed by atoms with Gasteiger partial charge in [-0.25, -0.2) is 0 Å². The van der Waals surface area contributed by atoms with E-state index in [0.29, 0.717) is 10.6 Å². The molecule has 0 radical (unpaired) electrons. The number of carboxylic acid groups (broad SMARTS) is 1. The summed E-state index contributed by atoms with van der Waals surface area (Å²) in [7, 11) is 0. The van der Waals surface area contributed by atoms with Crippen LogP contribution in [0.15, 0.2) is 22.2 Å². The first-order valence-corrected chi connectivity index (χ1v) is 7.45. The molecule has 0 aromatic carbocycles. The van der Waals surface area contributed by atoms with E-state index in [1.165, 1.54) is 25.3 Å². The minimum absolute atomic E-state index is 0.0722. The fraction of sp³-hybridized carbons (Fsp3) is 0.615. The summed E-state index contributed by atoms with van der Waals surface area (Å²) < 4.78 is 1.93. The van der Waals surface area contributed by atoms with Gasteiger partial charge in [-0.15, -0.1) is 0 Å². The van der Waals surface area contributed by atoms with E-state index >= 15 is 0 Å². The van der Waals surface area contributed by atoms with Gasteiger partial charge in [0, 0.05) is 18.8 Å². The van der Waals surface area contributed by atoms with E-state index in [-0.39, 0.29) is 11.3 Å². The lowest BCUT2D eigenvalue weighted by atomic mass is 10.0. The summed E-state index contributed by atoms with van der Waals surface area (Å²) in [6.07, 6.45) is 6.45. The van der Waals surface area contributed by atoms with Gasteiger partial charge in [0.05, 0.1) is 5.75 Å². The van der Waals surface area contributed by atoms with Crippen molar-refractivity contribution < 1.29 is 9.90 Å². The molecule has 0 spiro atoms. The molecule has 0 bridgehead atoms. The number of aromatic nitrogens is 2. The van der Waals surface area contributed by atoms with Crippen LogP contribution in [0.2, 0.25) is 0 Å². The molecule has 1 heterocycles. The lowest BCUT2D eigenvalue weighted by Gasteiger charge is -2.18. The van der Waals surface area contributed by atoms with Crippen molar-refractivity contribution in [3.8, 4) is 0 Å². The molecule has 6 heteroatoms. The first-order valence-electron chi connectivity index (χ1n) is 6.47. The molecule has 19 heavy (non-hydrogen) atoms. The van der Waals surface area contributed by atoms with Gasteiger partial charge < -0.3 is 9.67 Å². The number of thioether (sulfide) groups is 1. The van der Waals surface area contributed by atoms with Crippen molar-refractivity contribution in [2.45, 2.75) is 44.3 Å². The second-order valence-corrected chi connectivity index (χ2v) is 6.05. The van der Waals surface area contributed by atoms with Gasteiger partial charge in [0.15, 0.2) is 5.16 Å². The summed E-state index contributed by atoms with van der Waals surface area (Å²) in [4.78, 5) is 25.9. The van der Waals surface area contributed by atoms with Crippen LogP contribution >= 0.6 is 11.8 Å². The number of nitrogens with zero attached hydrogens (tertiary/aromatic N) is 2. The molecule has 0 aliphatic heterocycles. The largest absolute Gasteiger partial charge is 0.481 e. The Labute approximate surface area is 116 Å². The van der Waals surface area contributed by atoms with E-state index < -0.39 is 5.97 Å². The lowest BCUT2D eigenvalue weighted by molar-refractivity contribution is -0.133. The Hall–Kier alpha value is -1.30. The van der Waals surface area contributed by atoms with Crippen LogP contribution in [-0.2, 0) is 11.3 Å². The van der Waals surface area contributed by atoms with Crippen LogP contribution in [-0.4, -0.2) is 26.4 Å². The monoisotopic (exact) mass is 282 g/mol. The number of carboxylic acids is 1. The molecule has 0 saturated heterocycles. The van der Waals surface area contributed by atoms with Crippen LogP contribution in [0.4, 0.5) is 0 Å². The second kappa shape index (κ2) is 5.77. The third-order valence-corrected chi connectivity index (χ3v) is 4.39. The minimum Gasteiger partial charge on any atom is -0.481 e. The molecular formula is C13H18N2O3S. The summed E-state index contributed by atoms with van der Waals surface area (Å²) in [6, 6.07) is 1.44. The highest BCUT2D eigenvalue weighted by Crippen LogP contribution is 2.51. The fourth-order valence-corrected chi connectivity index (χ4v) is 3.03. The molecule has 2 rings (SSSR count). The van der Waals surface area contributed by atoms with Gasteiger partial charge in [0.2, 0.25) is 0 Å². The summed E-state index contributed by atoms with van der Waals surface area (Å²) in [5, 5.41) is 9.24. The molecule has 0 unspecified atom stereocenters. The molecule has 1 aromatic rings. The van der Waals surface area contributed by atoms with Gasteiger partial charge in [-0.3, -0.25) is 9.59 Å². The van der Waals surface area contributed by atoms with Gasteiger partial charge >= 0.3 is 5.97 Å². The third-order valence-electron chi connectivity index (χ3n) is 3.42. The Kier molecular flexibility index (Phi) is 4.29. The number of aliphatic carboxylic acids is 1. The Balaban J connectivity index is 2.14. The molecule has 1 saturated carbocycles. The molecule has 1 fully saturated rings. The third kappa shape index (κ3) is 3.83. The van der Waals surface area contributed by atoms with Crippen LogP contribution in [0, 0.1) is 5.41 Å². The Morgan fingerprint density at radius 1 is 1.58 bits per heavy atom. The van der Waals surface area contributed by atoms with Crippen LogP contribution in [0.5, 0.6) is 0 Å². The van der Waals surface area contributed by atoms with Gasteiger partial charge in [-0.2, -0.15) is 4.98 Å². The van der Waals surface area contributed by atoms with Crippen LogP contribution < -0.4 is 5.56 Å². The van der Waals surface area contributed by atoms with Crippen molar-refractivity contribution in [1.29, 1.82) is 0 Å². The first-order chi connectivity index (χ1) is 9.04. The zero-order chi connectivity index (χ0) is 13.9. The summed E-state index contributed by atoms with van der Waals surface area (Å²) >= 11 is 1.11. The molecule has 0 atom stereocenters. The van der Waals surface area contributed by atoms with Crippen molar-refractivity contribution in [3.05, 3.63) is 22.6 Å². The SMILES string of the molecule is CCCC1(Cn2ccc(=O)nc2SCC(=O)O)CC1. The molecule has 1 aliphatic rings. The molecule has 1 aliphatic carbocycles. The number of rotatable bonds is 7. The molecule has 5 nitrogen and oxygen atoms in total. The lowest BCUT2D eigenvalue weighted by Crippen LogP contribution is -2.19. The van der Waals surface area contributed by atoms with Gasteiger partial charge in [0.25, 0.3) is 5.56 Å². The van der Waals surface area contributed by atoms with Crippen molar-refractivity contribution >= 4 is 17.7 Å². The summed E-state index contributed by atoms with van der Waals surface area (Å²) in [5.41, 5.74) is 0.0220. The summed E-state index contributed by atoms with van der Waals surface area (Å²) in [5.74, 6) is -0.971. The van der Waals surface area contributed by atoms with Crippen LogP contribution in [0.3, 0.4) is 0 Å². The predicted molar refractivity (Wildman–Crippen MR) is 73.4 cm³/mol. The van der Waals surface area contributed by atoms with Crippen LogP contribution in [0.25, 0.3) is 0 Å². The molecular weight excluding hydrogens is 264 g/mol. The minimum atomic E-state index is -0.899. The van der Waals surface area contributed by atoms with E-state index in [4.69, 9.17) is 5.11 Å². The maximum absolute atomic E-state index is 11.3. The Morgan fingerprint density at radius 3 is 2.89 bits per heavy atom. The standard InChI is InChI=1S/C13H18N2O3S/c1-2-4-13(5-6-13)9-15-7-3-10(16)14-12(15)19-8-11(17)18/h3,7H,2,4-6,8-9H2,1H3,(H,17,18). The van der Waals surface area contributed by atoms with Crippen molar-refractivity contribution in [3.63, 3.8) is 0 Å². The van der Waals surface area contributed by atoms with Gasteiger partial charge in [0.1, 0.15) is 0 Å². The maximum Gasteiger partial charge on any atom is 0.313 e. The number of carbonyl (C=O) groups is 1. The number of hydrogen-bond acceptors (Lipinski definition) is 4. The van der Waals surface area contributed by atoms with E-state index in [0.717, 1.165) is 24.7 Å². The van der Waals surface area contributed by atoms with E-state index in [1.54, 1.807) is 6.20 Å². The second-order valence-electron chi connectivity index (χ2n) is 5.11. The zero-order valence-electron chi connectivity index (χ0n) is 11.0. The van der Waals surface area contributed by atoms with E-state index in [2.05, 4.69) is 11.9 Å². The average molecular weight is 282 g/mol. The fourth-order valence-electron chi connectivity index (χ4n) is 2.33. The highest BCUT2D eigenvalue weighted by molar-refractivity contribution is 7.99. The quantitative estimate of drug-likeness (QED) is 0.611. The first kappa shape index (κ1) is 14.1. The van der Waals surface area contributed by atoms with E-state index in [1.807, 2.05) is 4.57 Å². The van der Waals surface area contributed by atoms with Crippen molar-refractivity contribution in [2.75, 3.05) is 5.75 Å². The predicted octanol–water partition coefficient (Wildman–Crippen LogP) is 2.00. The Morgan fingerprint density at radius 2 is 2.32 bits per heavy atom. The maximum atomic E-state index is 11.3. The molecule has 104 valence electrons. The zero-order valence-corrected chi connectivity index (χ0v) is 11.8. The van der Waals surface area contributed by atoms with Crippen molar-refractivity contribution in [2.24, 2.45) is 5.41 Å². The van der Waals surface area contributed by atoms with Crippen molar-refractivity contribution in [1.82, 2.24) is 9.55 Å². The molecule has 1 aromatic heterocycles. The highest BCUT2D eigenvalue weighted by atomic mass is 32.2. The number of hydrogen-bond donors (Lipinski definition) is 1. The Bertz CT molecular complexity index is 523. The smallest absolute Gasteiger partial charge is 0.313 e. The topological polar surface area (TPSA) is 72.2 Å². The van der Waals surface area contributed by atoms with Crippen LogP contribution in [0.1, 0.15) is 32.6 Å². The summed E-state index contributed by atoms with van der Waals surface area (Å²) in [6.45, 7) is 3.00.